The van der Waals surface area contributed by atoms with E-state index in [1.54, 1.807) is 17.0 Å². The average molecular weight is 486 g/mol. The molecule has 2 amide bonds. The van der Waals surface area contributed by atoms with E-state index in [-0.39, 0.29) is 24.2 Å². The Morgan fingerprint density at radius 2 is 1.63 bits per heavy atom. The van der Waals surface area contributed by atoms with Crippen molar-refractivity contribution in [2.24, 2.45) is 5.92 Å². The quantitative estimate of drug-likeness (QED) is 0.548. The van der Waals surface area contributed by atoms with Crippen molar-refractivity contribution in [1.82, 2.24) is 10.2 Å². The normalized spacial score (nSPS) is 15.2. The molecule has 1 heterocycles. The summed E-state index contributed by atoms with van der Waals surface area (Å²) in [5.74, 6) is -1.47. The van der Waals surface area contributed by atoms with E-state index in [1.807, 2.05) is 44.2 Å². The van der Waals surface area contributed by atoms with Crippen LogP contribution in [0.4, 0.5) is 14.9 Å². The highest BCUT2D eigenvalue weighted by Crippen LogP contribution is 2.17. The lowest BCUT2D eigenvalue weighted by Crippen LogP contribution is -2.51. The predicted octanol–water partition coefficient (Wildman–Crippen LogP) is 3.36. The van der Waals surface area contributed by atoms with Crippen molar-refractivity contribution in [3.05, 3.63) is 66.0 Å². The first kappa shape index (κ1) is 26.0. The Labute approximate surface area is 205 Å². The average Bonchev–Trinajstić information content (AvgIpc) is 2.89. The molecule has 9 heteroatoms. The molecular formula is C26H32FN3O5. The predicted molar refractivity (Wildman–Crippen MR) is 129 cm³/mol. The van der Waals surface area contributed by atoms with E-state index in [2.05, 4.69) is 10.2 Å². The molecule has 0 radical (unpaired) electrons. The van der Waals surface area contributed by atoms with E-state index in [0.717, 1.165) is 11.3 Å². The fourth-order valence-electron chi connectivity index (χ4n) is 3.74. The Kier molecular flexibility index (Phi) is 9.46. The van der Waals surface area contributed by atoms with Gasteiger partial charge in [-0.2, -0.15) is 0 Å². The zero-order valence-electron chi connectivity index (χ0n) is 20.1. The highest BCUT2D eigenvalue weighted by molar-refractivity contribution is 5.85. The fraction of sp³-hybridized carbons (Fsp3) is 0.423. The topological polar surface area (TPSA) is 88.2 Å². The van der Waals surface area contributed by atoms with Crippen LogP contribution in [-0.2, 0) is 25.7 Å². The molecule has 35 heavy (non-hydrogen) atoms. The van der Waals surface area contributed by atoms with E-state index in [1.165, 1.54) is 12.1 Å². The molecule has 1 aliphatic heterocycles. The third-order valence-electron chi connectivity index (χ3n) is 6.12. The minimum absolute atomic E-state index is 0.0807. The summed E-state index contributed by atoms with van der Waals surface area (Å²) in [6.07, 6.45) is -0.0998. The van der Waals surface area contributed by atoms with E-state index in [9.17, 15) is 18.8 Å². The summed E-state index contributed by atoms with van der Waals surface area (Å²) in [6.45, 7) is 5.51. The molecule has 8 nitrogen and oxygen atoms in total. The van der Waals surface area contributed by atoms with E-state index in [0.29, 0.717) is 32.6 Å². The number of esters is 1. The van der Waals surface area contributed by atoms with Gasteiger partial charge in [0.25, 0.3) is 5.91 Å². The largest absolute Gasteiger partial charge is 0.454 e. The SMILES string of the molecule is CC[C@H](C)[C@@H](NC(=O)OCc1ccccc1)C(=O)OCC(=O)N1CCN(c2ccc(F)cc2)CC1. The van der Waals surface area contributed by atoms with Gasteiger partial charge in [-0.15, -0.1) is 0 Å². The molecule has 2 atom stereocenters. The minimum Gasteiger partial charge on any atom is -0.454 e. The number of nitrogens with one attached hydrogen (secondary N) is 1. The third-order valence-corrected chi connectivity index (χ3v) is 6.12. The lowest BCUT2D eigenvalue weighted by atomic mass is 9.99. The number of hydrogen-bond acceptors (Lipinski definition) is 6. The summed E-state index contributed by atoms with van der Waals surface area (Å²) in [5.41, 5.74) is 1.72. The number of carbonyl (C=O) groups is 3. The third kappa shape index (κ3) is 7.70. The van der Waals surface area contributed by atoms with Crippen LogP contribution in [0.25, 0.3) is 0 Å². The summed E-state index contributed by atoms with van der Waals surface area (Å²) in [5, 5.41) is 2.57. The first-order valence-electron chi connectivity index (χ1n) is 11.8. The van der Waals surface area contributed by atoms with Crippen LogP contribution in [0.15, 0.2) is 54.6 Å². The van der Waals surface area contributed by atoms with Crippen molar-refractivity contribution in [2.75, 3.05) is 37.7 Å². The summed E-state index contributed by atoms with van der Waals surface area (Å²) in [6, 6.07) is 14.5. The molecule has 0 unspecified atom stereocenters. The number of nitrogens with zero attached hydrogens (tertiary/aromatic N) is 2. The summed E-state index contributed by atoms with van der Waals surface area (Å²) in [4.78, 5) is 41.3. The highest BCUT2D eigenvalue weighted by atomic mass is 19.1. The van der Waals surface area contributed by atoms with Gasteiger partial charge in [0.15, 0.2) is 6.61 Å². The van der Waals surface area contributed by atoms with Crippen LogP contribution in [0, 0.1) is 11.7 Å². The number of rotatable bonds is 9. The maximum Gasteiger partial charge on any atom is 0.408 e. The van der Waals surface area contributed by atoms with Crippen LogP contribution in [0.2, 0.25) is 0 Å². The summed E-state index contributed by atoms with van der Waals surface area (Å²) >= 11 is 0. The van der Waals surface area contributed by atoms with Gasteiger partial charge in [-0.25, -0.2) is 14.0 Å². The minimum atomic E-state index is -0.925. The molecule has 1 aliphatic rings. The second-order valence-corrected chi connectivity index (χ2v) is 8.52. The van der Waals surface area contributed by atoms with E-state index >= 15 is 0 Å². The van der Waals surface area contributed by atoms with Crippen LogP contribution in [0.3, 0.4) is 0 Å². The van der Waals surface area contributed by atoms with Gasteiger partial charge < -0.3 is 24.6 Å². The Bertz CT molecular complexity index is 978. The second-order valence-electron chi connectivity index (χ2n) is 8.52. The van der Waals surface area contributed by atoms with Crippen molar-refractivity contribution in [3.8, 4) is 0 Å². The van der Waals surface area contributed by atoms with Gasteiger partial charge in [0.05, 0.1) is 0 Å². The number of halogens is 1. The maximum absolute atomic E-state index is 13.1. The molecule has 0 aromatic heterocycles. The van der Waals surface area contributed by atoms with Gasteiger partial charge >= 0.3 is 12.1 Å². The molecule has 0 bridgehead atoms. The fourth-order valence-corrected chi connectivity index (χ4v) is 3.74. The van der Waals surface area contributed by atoms with Crippen molar-refractivity contribution >= 4 is 23.7 Å². The van der Waals surface area contributed by atoms with Crippen LogP contribution in [0.1, 0.15) is 25.8 Å². The molecule has 0 spiro atoms. The van der Waals surface area contributed by atoms with E-state index in [4.69, 9.17) is 9.47 Å². The van der Waals surface area contributed by atoms with Crippen molar-refractivity contribution in [1.29, 1.82) is 0 Å². The highest BCUT2D eigenvalue weighted by Gasteiger charge is 2.29. The molecule has 1 saturated heterocycles. The van der Waals surface area contributed by atoms with Gasteiger partial charge in [0.1, 0.15) is 18.5 Å². The molecule has 3 rings (SSSR count). The van der Waals surface area contributed by atoms with Gasteiger partial charge in [-0.05, 0) is 35.7 Å². The standard InChI is InChI=1S/C26H32FN3O5/c1-3-19(2)24(28-26(33)35-17-20-7-5-4-6-8-20)25(32)34-18-23(31)30-15-13-29(14-16-30)22-11-9-21(27)10-12-22/h4-12,19,24H,3,13-18H2,1-2H3,(H,28,33)/t19-,24+/m0/s1. The molecule has 1 N–H and O–H groups in total. The van der Waals surface area contributed by atoms with E-state index < -0.39 is 24.7 Å². The lowest BCUT2D eigenvalue weighted by Gasteiger charge is -2.36. The Balaban J connectivity index is 1.45. The molecule has 2 aromatic rings. The second kappa shape index (κ2) is 12.7. The summed E-state index contributed by atoms with van der Waals surface area (Å²) < 4.78 is 23.6. The first-order valence-corrected chi connectivity index (χ1v) is 11.8. The van der Waals surface area contributed by atoms with Crippen molar-refractivity contribution in [3.63, 3.8) is 0 Å². The number of piperazine rings is 1. The van der Waals surface area contributed by atoms with Crippen LogP contribution >= 0.6 is 0 Å². The number of benzene rings is 2. The maximum atomic E-state index is 13.1. The van der Waals surface area contributed by atoms with Gasteiger partial charge in [0, 0.05) is 31.9 Å². The van der Waals surface area contributed by atoms with Crippen LogP contribution in [-0.4, -0.2) is 61.7 Å². The number of amides is 2. The number of ether oxygens (including phenoxy) is 2. The lowest BCUT2D eigenvalue weighted by molar-refractivity contribution is -0.154. The van der Waals surface area contributed by atoms with Gasteiger partial charge in [-0.1, -0.05) is 50.6 Å². The smallest absolute Gasteiger partial charge is 0.408 e. The number of carbonyl (C=O) groups excluding carboxylic acids is 3. The Morgan fingerprint density at radius 3 is 2.26 bits per heavy atom. The molecule has 188 valence electrons. The van der Waals surface area contributed by atoms with Crippen LogP contribution < -0.4 is 10.2 Å². The monoisotopic (exact) mass is 485 g/mol. The Morgan fingerprint density at radius 1 is 0.971 bits per heavy atom. The van der Waals surface area contributed by atoms with Crippen LogP contribution in [0.5, 0.6) is 0 Å². The number of hydrogen-bond donors (Lipinski definition) is 1. The van der Waals surface area contributed by atoms with Crippen molar-refractivity contribution in [2.45, 2.75) is 32.9 Å². The zero-order valence-corrected chi connectivity index (χ0v) is 20.1. The first-order chi connectivity index (χ1) is 16.9. The number of anilines is 1. The number of alkyl carbamates (subject to hydrolysis) is 1. The zero-order chi connectivity index (χ0) is 25.2. The van der Waals surface area contributed by atoms with Gasteiger partial charge in [-0.3, -0.25) is 4.79 Å². The Hall–Kier alpha value is -3.62. The molecular weight excluding hydrogens is 453 g/mol. The van der Waals surface area contributed by atoms with Gasteiger partial charge in [0.2, 0.25) is 0 Å². The molecule has 0 saturated carbocycles. The van der Waals surface area contributed by atoms with Crippen molar-refractivity contribution < 1.29 is 28.2 Å². The summed E-state index contributed by atoms with van der Waals surface area (Å²) in [7, 11) is 0. The molecule has 0 aliphatic carbocycles. The molecule has 1 fully saturated rings. The molecule has 2 aromatic carbocycles.